The molecule has 3 aromatic rings. The fraction of sp³-hybridized carbons (Fsp3) is 0.429. The Kier molecular flexibility index (Phi) is 6.14. The number of pyridine rings is 2. The molecule has 1 aliphatic carbocycles. The summed E-state index contributed by atoms with van der Waals surface area (Å²) in [5.74, 6) is -2.98. The van der Waals surface area contributed by atoms with Gasteiger partial charge in [-0.25, -0.2) is 22.4 Å². The van der Waals surface area contributed by atoms with Gasteiger partial charge in [0.05, 0.1) is 11.4 Å². The summed E-state index contributed by atoms with van der Waals surface area (Å²) in [5.41, 5.74) is 5.33. The van der Waals surface area contributed by atoms with E-state index >= 15 is 0 Å². The van der Waals surface area contributed by atoms with Crippen LogP contribution in [0, 0.1) is 12.8 Å². The molecule has 1 aromatic carbocycles. The number of likely N-dealkylation sites (tertiary alicyclic amines) is 1. The molecule has 1 saturated heterocycles. The summed E-state index contributed by atoms with van der Waals surface area (Å²) in [6, 6.07) is 15.9. The van der Waals surface area contributed by atoms with E-state index in [0.29, 0.717) is 17.3 Å². The Morgan fingerprint density at radius 3 is 2.53 bits per heavy atom. The van der Waals surface area contributed by atoms with Gasteiger partial charge in [0, 0.05) is 55.8 Å². The predicted molar refractivity (Wildman–Crippen MR) is 144 cm³/mol. The van der Waals surface area contributed by atoms with Crippen molar-refractivity contribution >= 4 is 21.7 Å². The average molecular weight is 540 g/mol. The number of benzene rings is 1. The Morgan fingerprint density at radius 1 is 1.08 bits per heavy atom. The lowest BCUT2D eigenvalue weighted by atomic mass is 9.92. The number of nitrogens with zero attached hydrogens (tertiary/aromatic N) is 5. The maximum absolute atomic E-state index is 13.6. The summed E-state index contributed by atoms with van der Waals surface area (Å²) in [6.45, 7) is 4.60. The second-order valence-corrected chi connectivity index (χ2v) is 12.5. The number of fused-ring (bicyclic) bond motifs is 1. The first-order valence-corrected chi connectivity index (χ1v) is 14.4. The van der Waals surface area contributed by atoms with E-state index in [9.17, 15) is 17.2 Å². The first-order chi connectivity index (χ1) is 18.1. The van der Waals surface area contributed by atoms with E-state index in [2.05, 4.69) is 34.1 Å². The highest BCUT2D eigenvalue weighted by Gasteiger charge is 2.59. The number of piperidine rings is 1. The van der Waals surface area contributed by atoms with E-state index in [1.807, 2.05) is 25.3 Å². The first-order valence-electron chi connectivity index (χ1n) is 13.0. The SMILES string of the molecule is Cc1ccc(CN2CCC(c3ccccn3)CC2)cc1-c1ccc2c(n1)N(C)S(=O)(=O)N2CC1CC1(F)F. The number of anilines is 2. The van der Waals surface area contributed by atoms with Gasteiger partial charge in [-0.15, -0.1) is 0 Å². The van der Waals surface area contributed by atoms with Gasteiger partial charge in [-0.3, -0.25) is 9.88 Å². The van der Waals surface area contributed by atoms with Crippen LogP contribution >= 0.6 is 0 Å². The molecule has 3 aliphatic rings. The monoisotopic (exact) mass is 539 g/mol. The summed E-state index contributed by atoms with van der Waals surface area (Å²) < 4.78 is 55.2. The third kappa shape index (κ3) is 4.53. The van der Waals surface area contributed by atoms with Gasteiger partial charge < -0.3 is 0 Å². The van der Waals surface area contributed by atoms with Gasteiger partial charge in [0.1, 0.15) is 0 Å². The molecule has 1 atom stereocenters. The van der Waals surface area contributed by atoms with Crippen LogP contribution in [0.3, 0.4) is 0 Å². The summed E-state index contributed by atoms with van der Waals surface area (Å²) in [4.78, 5) is 11.7. The zero-order valence-electron chi connectivity index (χ0n) is 21.5. The Balaban J connectivity index is 1.20. The molecule has 200 valence electrons. The van der Waals surface area contributed by atoms with Gasteiger partial charge in [0.2, 0.25) is 0 Å². The van der Waals surface area contributed by atoms with E-state index < -0.39 is 22.0 Å². The normalized spacial score (nSPS) is 22.5. The minimum atomic E-state index is -3.93. The standard InChI is InChI=1S/C28H31F2N5O2S/c1-19-6-7-20(17-34-13-10-21(11-14-34)24-5-3-4-12-31-24)15-23(19)25-8-9-26-27(32-25)33(2)38(36,37)35(26)18-22-16-28(22,29)30/h3-9,12,15,21-22H,10-11,13-14,16-18H2,1-2H3. The minimum Gasteiger partial charge on any atom is -0.299 e. The molecule has 0 N–H and O–H groups in total. The summed E-state index contributed by atoms with van der Waals surface area (Å²) in [5, 5.41) is 0. The van der Waals surface area contributed by atoms with E-state index in [4.69, 9.17) is 4.98 Å². The van der Waals surface area contributed by atoms with E-state index in [-0.39, 0.29) is 18.8 Å². The number of rotatable bonds is 6. The lowest BCUT2D eigenvalue weighted by molar-refractivity contribution is 0.101. The van der Waals surface area contributed by atoms with Gasteiger partial charge in [-0.1, -0.05) is 18.2 Å². The lowest BCUT2D eigenvalue weighted by Gasteiger charge is -2.31. The molecule has 10 heteroatoms. The molecule has 7 nitrogen and oxygen atoms in total. The predicted octanol–water partition coefficient (Wildman–Crippen LogP) is 4.99. The van der Waals surface area contributed by atoms with Crippen LogP contribution in [0.25, 0.3) is 11.3 Å². The molecule has 2 fully saturated rings. The molecule has 2 aromatic heterocycles. The Bertz CT molecular complexity index is 1460. The molecule has 1 unspecified atom stereocenters. The fourth-order valence-electron chi connectivity index (χ4n) is 5.57. The van der Waals surface area contributed by atoms with Crippen molar-refractivity contribution in [1.29, 1.82) is 0 Å². The van der Waals surface area contributed by atoms with Crippen molar-refractivity contribution in [2.24, 2.45) is 5.92 Å². The number of aromatic nitrogens is 2. The second-order valence-electron chi connectivity index (χ2n) is 10.7. The van der Waals surface area contributed by atoms with Gasteiger partial charge in [0.15, 0.2) is 5.82 Å². The molecule has 4 heterocycles. The van der Waals surface area contributed by atoms with Gasteiger partial charge in [-0.2, -0.15) is 8.42 Å². The van der Waals surface area contributed by atoms with Crippen molar-refractivity contribution in [3.63, 3.8) is 0 Å². The Labute approximate surface area is 222 Å². The number of hydrogen-bond donors (Lipinski definition) is 0. The molecular weight excluding hydrogens is 508 g/mol. The summed E-state index contributed by atoms with van der Waals surface area (Å²) in [6.07, 6.45) is 3.73. The van der Waals surface area contributed by atoms with Gasteiger partial charge in [-0.05, 0) is 74.3 Å². The van der Waals surface area contributed by atoms with Gasteiger partial charge >= 0.3 is 10.2 Å². The molecule has 6 rings (SSSR count). The van der Waals surface area contributed by atoms with Crippen molar-refractivity contribution in [2.75, 3.05) is 35.3 Å². The van der Waals surface area contributed by atoms with Crippen LogP contribution in [0.15, 0.2) is 54.7 Å². The highest BCUT2D eigenvalue weighted by Crippen LogP contribution is 2.51. The van der Waals surface area contributed by atoms with Crippen molar-refractivity contribution in [1.82, 2.24) is 14.9 Å². The van der Waals surface area contributed by atoms with Crippen LogP contribution in [-0.4, -0.2) is 55.9 Å². The zero-order valence-corrected chi connectivity index (χ0v) is 22.3. The minimum absolute atomic E-state index is 0.237. The van der Waals surface area contributed by atoms with Crippen molar-refractivity contribution in [3.05, 3.63) is 71.5 Å². The molecular formula is C28H31F2N5O2S. The third-order valence-electron chi connectivity index (χ3n) is 8.07. The smallest absolute Gasteiger partial charge is 0.299 e. The van der Waals surface area contributed by atoms with Crippen LogP contribution in [0.2, 0.25) is 0 Å². The van der Waals surface area contributed by atoms with Crippen LogP contribution < -0.4 is 8.61 Å². The number of halogens is 2. The first kappa shape index (κ1) is 25.2. The van der Waals surface area contributed by atoms with Crippen LogP contribution in [0.4, 0.5) is 20.3 Å². The highest BCUT2D eigenvalue weighted by atomic mass is 32.2. The molecule has 0 spiro atoms. The van der Waals surface area contributed by atoms with Gasteiger partial charge in [0.25, 0.3) is 5.92 Å². The molecule has 0 amide bonds. The van der Waals surface area contributed by atoms with Crippen LogP contribution in [-0.2, 0) is 16.8 Å². The third-order valence-corrected chi connectivity index (χ3v) is 9.83. The average Bonchev–Trinajstić information content (AvgIpc) is 3.48. The summed E-state index contributed by atoms with van der Waals surface area (Å²) in [7, 11) is -2.51. The quantitative estimate of drug-likeness (QED) is 0.442. The molecule has 2 aliphatic heterocycles. The van der Waals surface area contributed by atoms with E-state index in [1.54, 1.807) is 12.1 Å². The molecule has 1 saturated carbocycles. The van der Waals surface area contributed by atoms with Crippen molar-refractivity contribution in [3.8, 4) is 11.3 Å². The lowest BCUT2D eigenvalue weighted by Crippen LogP contribution is -2.37. The number of aryl methyl sites for hydroxylation is 1. The second kappa shape index (κ2) is 9.27. The molecule has 38 heavy (non-hydrogen) atoms. The van der Waals surface area contributed by atoms with Crippen molar-refractivity contribution in [2.45, 2.75) is 44.6 Å². The zero-order chi connectivity index (χ0) is 26.7. The van der Waals surface area contributed by atoms with Crippen LogP contribution in [0.1, 0.15) is 42.0 Å². The van der Waals surface area contributed by atoms with E-state index in [0.717, 1.165) is 52.2 Å². The van der Waals surface area contributed by atoms with E-state index in [1.165, 1.54) is 18.3 Å². The highest BCUT2D eigenvalue weighted by molar-refractivity contribution is 7.94. The Hall–Kier alpha value is -3.11. The van der Waals surface area contributed by atoms with Crippen molar-refractivity contribution < 1.29 is 17.2 Å². The topological polar surface area (TPSA) is 69.6 Å². The maximum Gasteiger partial charge on any atom is 0.327 e. The number of hydrogen-bond acceptors (Lipinski definition) is 5. The fourth-order valence-corrected chi connectivity index (χ4v) is 6.97. The van der Waals surface area contributed by atoms with Crippen LogP contribution in [0.5, 0.6) is 0 Å². The molecule has 0 bridgehead atoms. The maximum atomic E-state index is 13.6. The summed E-state index contributed by atoms with van der Waals surface area (Å²) >= 11 is 0. The largest absolute Gasteiger partial charge is 0.327 e. The number of alkyl halides is 2. The Morgan fingerprint density at radius 2 is 1.84 bits per heavy atom. The molecule has 0 radical (unpaired) electrons.